The van der Waals surface area contributed by atoms with Crippen molar-refractivity contribution in [2.45, 2.75) is 6.42 Å². The third-order valence-electron chi connectivity index (χ3n) is 4.32. The Kier molecular flexibility index (Phi) is 2.82. The summed E-state index contributed by atoms with van der Waals surface area (Å²) in [5, 5.41) is 5.79. The monoisotopic (exact) mass is 314 g/mol. The van der Waals surface area contributed by atoms with Crippen LogP contribution in [0, 0.1) is 0 Å². The fraction of sp³-hybridized carbons (Fsp3) is 0.0500. The van der Waals surface area contributed by atoms with Crippen molar-refractivity contribution in [1.29, 1.82) is 0 Å². The number of allylic oxidation sites excluding steroid dienone is 1. The third-order valence-corrected chi connectivity index (χ3v) is 5.20. The maximum atomic E-state index is 4.87. The zero-order valence-electron chi connectivity index (χ0n) is 12.4. The summed E-state index contributed by atoms with van der Waals surface area (Å²) in [4.78, 5) is 7.18. The van der Waals surface area contributed by atoms with Crippen LogP contribution in [0.4, 0.5) is 11.4 Å². The van der Waals surface area contributed by atoms with Gasteiger partial charge in [0, 0.05) is 17.5 Å². The predicted molar refractivity (Wildman–Crippen MR) is 99.3 cm³/mol. The Bertz CT molecular complexity index is 968. The minimum Gasteiger partial charge on any atom is -0.292 e. The van der Waals surface area contributed by atoms with Crippen LogP contribution in [-0.2, 0) is 6.42 Å². The average Bonchev–Trinajstić information content (AvgIpc) is 2.99. The molecule has 0 spiro atoms. The fourth-order valence-corrected chi connectivity index (χ4v) is 4.20. The van der Waals surface area contributed by atoms with Crippen LogP contribution in [0.15, 0.2) is 82.8 Å². The molecule has 0 saturated carbocycles. The Labute approximate surface area is 139 Å². The lowest BCUT2D eigenvalue weighted by Crippen LogP contribution is -2.26. The van der Waals surface area contributed by atoms with Crippen molar-refractivity contribution in [3.63, 3.8) is 0 Å². The third kappa shape index (κ3) is 2.01. The highest BCUT2D eigenvalue weighted by Crippen LogP contribution is 2.45. The van der Waals surface area contributed by atoms with Crippen molar-refractivity contribution in [1.82, 2.24) is 0 Å². The van der Waals surface area contributed by atoms with E-state index in [1.165, 1.54) is 27.7 Å². The van der Waals surface area contributed by atoms with Crippen molar-refractivity contribution < 1.29 is 0 Å². The zero-order valence-corrected chi connectivity index (χ0v) is 13.3. The van der Waals surface area contributed by atoms with E-state index in [1.807, 2.05) is 0 Å². The Morgan fingerprint density at radius 3 is 2.57 bits per heavy atom. The molecule has 0 aromatic heterocycles. The number of hydrogen-bond donors (Lipinski definition) is 0. The minimum absolute atomic E-state index is 0.922. The molecule has 0 radical (unpaired) electrons. The Morgan fingerprint density at radius 2 is 1.70 bits per heavy atom. The summed E-state index contributed by atoms with van der Waals surface area (Å²) in [6.07, 6.45) is 0.922. The van der Waals surface area contributed by atoms with Crippen molar-refractivity contribution in [3.8, 4) is 0 Å². The lowest BCUT2D eigenvalue weighted by Gasteiger charge is -2.28. The molecule has 0 fully saturated rings. The van der Waals surface area contributed by atoms with E-state index in [1.54, 1.807) is 11.8 Å². The smallest absolute Gasteiger partial charge is 0.177 e. The molecule has 0 atom stereocenters. The molecule has 2 aliphatic rings. The van der Waals surface area contributed by atoms with Gasteiger partial charge in [-0.1, -0.05) is 66.4 Å². The van der Waals surface area contributed by atoms with E-state index in [0.29, 0.717) is 0 Å². The minimum atomic E-state index is 0.922. The number of hydrogen-bond acceptors (Lipinski definition) is 3. The van der Waals surface area contributed by atoms with Crippen molar-refractivity contribution in [2.75, 3.05) is 4.90 Å². The van der Waals surface area contributed by atoms with Gasteiger partial charge in [-0.05, 0) is 28.5 Å². The van der Waals surface area contributed by atoms with Gasteiger partial charge in [-0.3, -0.25) is 4.90 Å². The maximum Gasteiger partial charge on any atom is 0.177 e. The number of anilines is 1. The summed E-state index contributed by atoms with van der Waals surface area (Å²) in [6.45, 7) is 0. The molecule has 2 nitrogen and oxygen atoms in total. The summed E-state index contributed by atoms with van der Waals surface area (Å²) in [5.41, 5.74) is 4.94. The molecule has 5 rings (SSSR count). The second kappa shape index (κ2) is 5.00. The first-order valence-electron chi connectivity index (χ1n) is 7.70. The standard InChI is InChI=1S/C20H14N2S/c1-2-6-14(7-3-1)12-16-13-23-20-21-17-10-4-8-15-9-5-11-18(19(15)17)22(16)20/h1-11,13H,12H2. The van der Waals surface area contributed by atoms with Gasteiger partial charge in [-0.2, -0.15) is 0 Å². The maximum absolute atomic E-state index is 4.87. The zero-order chi connectivity index (χ0) is 15.2. The van der Waals surface area contributed by atoms with E-state index in [2.05, 4.69) is 77.0 Å². The van der Waals surface area contributed by atoms with Crippen LogP contribution in [-0.4, -0.2) is 5.17 Å². The molecule has 23 heavy (non-hydrogen) atoms. The molecular weight excluding hydrogens is 300 g/mol. The van der Waals surface area contributed by atoms with E-state index in [4.69, 9.17) is 4.99 Å². The van der Waals surface area contributed by atoms with Crippen molar-refractivity contribution in [3.05, 3.63) is 83.4 Å². The molecule has 2 heterocycles. The summed E-state index contributed by atoms with van der Waals surface area (Å²) in [6, 6.07) is 23.5. The van der Waals surface area contributed by atoms with Crippen LogP contribution in [0.25, 0.3) is 10.8 Å². The Balaban J connectivity index is 1.64. The lowest BCUT2D eigenvalue weighted by atomic mass is 10.0. The molecule has 2 aliphatic heterocycles. The number of nitrogens with zero attached hydrogens (tertiary/aromatic N) is 2. The van der Waals surface area contributed by atoms with Crippen LogP contribution < -0.4 is 4.90 Å². The normalized spacial score (nSPS) is 15.4. The molecule has 3 aromatic rings. The van der Waals surface area contributed by atoms with E-state index in [9.17, 15) is 0 Å². The van der Waals surface area contributed by atoms with Gasteiger partial charge in [-0.15, -0.1) is 0 Å². The Hall–Kier alpha value is -2.52. The fourth-order valence-electron chi connectivity index (χ4n) is 3.29. The van der Waals surface area contributed by atoms with E-state index >= 15 is 0 Å². The molecule has 3 aromatic carbocycles. The van der Waals surface area contributed by atoms with Gasteiger partial charge in [-0.25, -0.2) is 4.99 Å². The van der Waals surface area contributed by atoms with E-state index in [0.717, 1.165) is 17.3 Å². The first-order valence-corrected chi connectivity index (χ1v) is 8.58. The number of fused-ring (bicyclic) bond motifs is 2. The second-order valence-electron chi connectivity index (χ2n) is 5.77. The summed E-state index contributed by atoms with van der Waals surface area (Å²) >= 11 is 1.72. The molecule has 0 bridgehead atoms. The molecule has 110 valence electrons. The van der Waals surface area contributed by atoms with Crippen molar-refractivity contribution >= 4 is 39.1 Å². The van der Waals surface area contributed by atoms with Crippen LogP contribution in [0.3, 0.4) is 0 Å². The van der Waals surface area contributed by atoms with Gasteiger partial charge in [0.25, 0.3) is 0 Å². The molecule has 0 amide bonds. The number of benzene rings is 3. The first kappa shape index (κ1) is 13.0. The van der Waals surface area contributed by atoms with Crippen LogP contribution in [0.2, 0.25) is 0 Å². The molecule has 0 N–H and O–H groups in total. The average molecular weight is 314 g/mol. The second-order valence-corrected chi connectivity index (χ2v) is 6.61. The number of rotatable bonds is 2. The van der Waals surface area contributed by atoms with Crippen molar-refractivity contribution in [2.24, 2.45) is 4.99 Å². The molecular formula is C20H14N2S. The number of amidine groups is 1. The van der Waals surface area contributed by atoms with Crippen LogP contribution >= 0.6 is 11.8 Å². The Morgan fingerprint density at radius 1 is 0.870 bits per heavy atom. The highest BCUT2D eigenvalue weighted by Gasteiger charge is 2.29. The van der Waals surface area contributed by atoms with Crippen LogP contribution in [0.1, 0.15) is 5.56 Å². The number of thioether (sulfide) groups is 1. The van der Waals surface area contributed by atoms with Gasteiger partial charge in [0.2, 0.25) is 0 Å². The largest absolute Gasteiger partial charge is 0.292 e. The lowest BCUT2D eigenvalue weighted by molar-refractivity contribution is 1.09. The number of aliphatic imine (C=N–C) groups is 1. The topological polar surface area (TPSA) is 15.6 Å². The predicted octanol–water partition coefficient (Wildman–Crippen LogP) is 5.48. The summed E-state index contributed by atoms with van der Waals surface area (Å²) in [5.74, 6) is 0. The van der Waals surface area contributed by atoms with E-state index < -0.39 is 0 Å². The summed E-state index contributed by atoms with van der Waals surface area (Å²) in [7, 11) is 0. The van der Waals surface area contributed by atoms with Gasteiger partial charge >= 0.3 is 0 Å². The molecule has 0 unspecified atom stereocenters. The molecule has 0 saturated heterocycles. The highest BCUT2D eigenvalue weighted by molar-refractivity contribution is 8.17. The van der Waals surface area contributed by atoms with Gasteiger partial charge in [0.05, 0.1) is 11.4 Å². The van der Waals surface area contributed by atoms with Gasteiger partial charge in [0.1, 0.15) is 0 Å². The van der Waals surface area contributed by atoms with E-state index in [-0.39, 0.29) is 0 Å². The van der Waals surface area contributed by atoms with Crippen LogP contribution in [0.5, 0.6) is 0 Å². The highest BCUT2D eigenvalue weighted by atomic mass is 32.2. The first-order chi connectivity index (χ1) is 11.4. The molecule has 0 aliphatic carbocycles. The summed E-state index contributed by atoms with van der Waals surface area (Å²) < 4.78 is 0. The van der Waals surface area contributed by atoms with Gasteiger partial charge in [0.15, 0.2) is 5.17 Å². The van der Waals surface area contributed by atoms with Gasteiger partial charge < -0.3 is 0 Å². The molecule has 3 heteroatoms. The quantitative estimate of drug-likeness (QED) is 0.622. The SMILES string of the molecule is C1=C(Cc2ccccc2)N2C(=Nc3cccc4cccc2c34)S1.